The Morgan fingerprint density at radius 3 is 2.38 bits per heavy atom. The molecule has 4 nitrogen and oxygen atoms in total. The van der Waals surface area contributed by atoms with Crippen molar-refractivity contribution in [3.05, 3.63) is 36.8 Å². The predicted octanol–water partition coefficient (Wildman–Crippen LogP) is 2.99. The fourth-order valence-electron chi connectivity index (χ4n) is 0.777. The third-order valence-electron chi connectivity index (χ3n) is 1.36. The number of benzene rings is 1. The Labute approximate surface area is 90.6 Å². The molecule has 0 amide bonds. The highest BCUT2D eigenvalue weighted by molar-refractivity contribution is 9.13. The third-order valence-corrected chi connectivity index (χ3v) is 3.20. The van der Waals surface area contributed by atoms with E-state index in [2.05, 4.69) is 31.9 Å². The molecule has 0 fully saturated rings. The molecule has 0 aliphatic rings. The lowest BCUT2D eigenvalue weighted by Gasteiger charge is -1.97. The molecular formula is C7H2Br2N2O2. The Kier molecular flexibility index (Phi) is 3.01. The Morgan fingerprint density at radius 2 is 1.92 bits per heavy atom. The minimum Gasteiger partial charge on any atom is -0.258 e. The van der Waals surface area contributed by atoms with Crippen molar-refractivity contribution in [3.8, 4) is 6.07 Å². The SMILES string of the molecule is N#Cc1cc(Br)c(Br)cc1[N+](=O)[O-]. The number of hydrogen-bond acceptors (Lipinski definition) is 3. The second-order valence-corrected chi connectivity index (χ2v) is 3.86. The molecule has 0 unspecified atom stereocenters. The van der Waals surface area contributed by atoms with Gasteiger partial charge < -0.3 is 0 Å². The fourth-order valence-corrected chi connectivity index (χ4v) is 1.45. The van der Waals surface area contributed by atoms with Gasteiger partial charge in [0.25, 0.3) is 5.69 Å². The number of rotatable bonds is 1. The molecular weight excluding hydrogens is 304 g/mol. The van der Waals surface area contributed by atoms with Gasteiger partial charge in [-0.25, -0.2) is 0 Å². The lowest BCUT2D eigenvalue weighted by molar-refractivity contribution is -0.385. The largest absolute Gasteiger partial charge is 0.288 e. The van der Waals surface area contributed by atoms with Crippen molar-refractivity contribution in [1.29, 1.82) is 5.26 Å². The highest BCUT2D eigenvalue weighted by Crippen LogP contribution is 2.30. The van der Waals surface area contributed by atoms with Crippen LogP contribution in [0.3, 0.4) is 0 Å². The Morgan fingerprint density at radius 1 is 1.38 bits per heavy atom. The van der Waals surface area contributed by atoms with Crippen molar-refractivity contribution < 1.29 is 4.92 Å². The first-order valence-corrected chi connectivity index (χ1v) is 4.68. The van der Waals surface area contributed by atoms with Gasteiger partial charge in [0.05, 0.1) is 4.92 Å². The van der Waals surface area contributed by atoms with Crippen LogP contribution in [-0.2, 0) is 0 Å². The molecule has 0 spiro atoms. The second kappa shape index (κ2) is 3.85. The summed E-state index contributed by atoms with van der Waals surface area (Å²) >= 11 is 6.27. The molecule has 6 heteroatoms. The molecule has 1 aromatic carbocycles. The molecule has 0 saturated heterocycles. The van der Waals surface area contributed by atoms with Gasteiger partial charge in [0.15, 0.2) is 0 Å². The van der Waals surface area contributed by atoms with Crippen LogP contribution in [0.15, 0.2) is 21.1 Å². The van der Waals surface area contributed by atoms with E-state index < -0.39 is 4.92 Å². The maximum absolute atomic E-state index is 10.5. The van der Waals surface area contributed by atoms with Gasteiger partial charge in [0.1, 0.15) is 11.6 Å². The van der Waals surface area contributed by atoms with Crippen LogP contribution in [0.1, 0.15) is 5.56 Å². The van der Waals surface area contributed by atoms with Crippen LogP contribution in [0.5, 0.6) is 0 Å². The minimum atomic E-state index is -0.588. The second-order valence-electron chi connectivity index (χ2n) is 2.15. The molecule has 0 atom stereocenters. The summed E-state index contributed by atoms with van der Waals surface area (Å²) < 4.78 is 1.17. The zero-order chi connectivity index (χ0) is 10.0. The van der Waals surface area contributed by atoms with E-state index >= 15 is 0 Å². The van der Waals surface area contributed by atoms with E-state index in [-0.39, 0.29) is 11.3 Å². The van der Waals surface area contributed by atoms with Crippen LogP contribution < -0.4 is 0 Å². The predicted molar refractivity (Wildman–Crippen MR) is 53.2 cm³/mol. The minimum absolute atomic E-state index is 0.0417. The Balaban J connectivity index is 3.44. The van der Waals surface area contributed by atoms with Gasteiger partial charge in [-0.05, 0) is 37.9 Å². The summed E-state index contributed by atoms with van der Waals surface area (Å²) in [6.07, 6.45) is 0. The van der Waals surface area contributed by atoms with Crippen molar-refractivity contribution in [2.45, 2.75) is 0 Å². The van der Waals surface area contributed by atoms with Gasteiger partial charge in [0.2, 0.25) is 0 Å². The molecule has 0 N–H and O–H groups in total. The first kappa shape index (κ1) is 10.2. The van der Waals surface area contributed by atoms with E-state index in [0.717, 1.165) is 0 Å². The van der Waals surface area contributed by atoms with E-state index in [0.29, 0.717) is 8.95 Å². The molecule has 0 bridgehead atoms. The van der Waals surface area contributed by atoms with E-state index in [1.165, 1.54) is 12.1 Å². The van der Waals surface area contributed by atoms with Gasteiger partial charge in [-0.15, -0.1) is 0 Å². The van der Waals surface area contributed by atoms with Crippen molar-refractivity contribution in [2.75, 3.05) is 0 Å². The maximum atomic E-state index is 10.5. The Hall–Kier alpha value is -0.930. The highest BCUT2D eigenvalue weighted by Gasteiger charge is 2.15. The zero-order valence-corrected chi connectivity index (χ0v) is 9.29. The molecule has 0 aliphatic carbocycles. The molecule has 0 saturated carbocycles. The van der Waals surface area contributed by atoms with Gasteiger partial charge in [-0.2, -0.15) is 5.26 Å². The van der Waals surface area contributed by atoms with E-state index in [4.69, 9.17) is 5.26 Å². The molecule has 66 valence electrons. The smallest absolute Gasteiger partial charge is 0.258 e. The molecule has 1 aromatic rings. The van der Waals surface area contributed by atoms with E-state index in [9.17, 15) is 10.1 Å². The van der Waals surface area contributed by atoms with E-state index in [1.807, 2.05) is 0 Å². The molecule has 1 rings (SSSR count). The number of nitriles is 1. The first-order chi connectivity index (χ1) is 6.06. The molecule has 13 heavy (non-hydrogen) atoms. The standard InChI is InChI=1S/C7H2Br2N2O2/c8-5-1-4(3-10)7(11(12)13)2-6(5)9/h1-2H. The van der Waals surface area contributed by atoms with E-state index in [1.54, 1.807) is 6.07 Å². The Bertz CT molecular complexity index is 412. The summed E-state index contributed by atoms with van der Waals surface area (Å²) in [6, 6.07) is 4.45. The van der Waals surface area contributed by atoms with Gasteiger partial charge in [0, 0.05) is 15.0 Å². The summed E-state index contributed by atoms with van der Waals surface area (Å²) in [5, 5.41) is 19.1. The zero-order valence-electron chi connectivity index (χ0n) is 6.12. The average molecular weight is 306 g/mol. The van der Waals surface area contributed by atoms with Gasteiger partial charge in [-0.1, -0.05) is 0 Å². The van der Waals surface area contributed by atoms with Crippen LogP contribution >= 0.6 is 31.9 Å². The monoisotopic (exact) mass is 304 g/mol. The van der Waals surface area contributed by atoms with Gasteiger partial charge >= 0.3 is 0 Å². The molecule has 0 radical (unpaired) electrons. The lowest BCUT2D eigenvalue weighted by atomic mass is 10.2. The van der Waals surface area contributed by atoms with Gasteiger partial charge in [-0.3, -0.25) is 10.1 Å². The number of nitro groups is 1. The summed E-state index contributed by atoms with van der Waals surface area (Å²) in [5.74, 6) is 0. The number of halogens is 2. The number of hydrogen-bond donors (Lipinski definition) is 0. The molecule has 0 aromatic heterocycles. The first-order valence-electron chi connectivity index (χ1n) is 3.10. The number of nitro benzene ring substituents is 1. The summed E-state index contributed by atoms with van der Waals surface area (Å²) in [4.78, 5) is 9.87. The average Bonchev–Trinajstić information content (AvgIpc) is 2.08. The fraction of sp³-hybridized carbons (Fsp3) is 0. The highest BCUT2D eigenvalue weighted by atomic mass is 79.9. The molecule has 0 heterocycles. The van der Waals surface area contributed by atoms with Crippen LogP contribution in [0.2, 0.25) is 0 Å². The van der Waals surface area contributed by atoms with Crippen LogP contribution in [0, 0.1) is 21.4 Å². The topological polar surface area (TPSA) is 66.9 Å². The summed E-state index contributed by atoms with van der Waals surface area (Å²) in [5.41, 5.74) is -0.155. The molecule has 0 aliphatic heterocycles. The normalized spacial score (nSPS) is 9.31. The van der Waals surface area contributed by atoms with Crippen LogP contribution in [-0.4, -0.2) is 4.92 Å². The summed E-state index contributed by atoms with van der Waals surface area (Å²) in [7, 11) is 0. The summed E-state index contributed by atoms with van der Waals surface area (Å²) in [6.45, 7) is 0. The van der Waals surface area contributed by atoms with Crippen LogP contribution in [0.4, 0.5) is 5.69 Å². The third kappa shape index (κ3) is 2.05. The maximum Gasteiger partial charge on any atom is 0.288 e. The van der Waals surface area contributed by atoms with Crippen molar-refractivity contribution in [1.82, 2.24) is 0 Å². The lowest BCUT2D eigenvalue weighted by Crippen LogP contribution is -1.92. The number of nitrogens with zero attached hydrogens (tertiary/aromatic N) is 2. The quantitative estimate of drug-likeness (QED) is 0.591. The van der Waals surface area contributed by atoms with Crippen LogP contribution in [0.25, 0.3) is 0 Å². The van der Waals surface area contributed by atoms with Crippen molar-refractivity contribution >= 4 is 37.5 Å². The van der Waals surface area contributed by atoms with Crippen molar-refractivity contribution in [2.24, 2.45) is 0 Å². The van der Waals surface area contributed by atoms with Crippen molar-refractivity contribution in [3.63, 3.8) is 0 Å².